The van der Waals surface area contributed by atoms with Crippen LogP contribution >= 0.6 is 0 Å². The second kappa shape index (κ2) is 31.0. The summed E-state index contributed by atoms with van der Waals surface area (Å²) < 4.78 is 80.6. The van der Waals surface area contributed by atoms with Gasteiger partial charge >= 0.3 is 0 Å². The van der Waals surface area contributed by atoms with Crippen molar-refractivity contribution < 1.29 is 8.22 Å². The fourth-order valence-corrected chi connectivity index (χ4v) is 21.8. The van der Waals surface area contributed by atoms with Crippen LogP contribution in [0.25, 0.3) is 188 Å². The standard InChI is InChI=1S/C128H93BN6/c1-127(2,3)92-74-104(84-41-17-9-18-42-84)125(105(75-92)85-43-19-10-20-44-85)134-120-80-96(132-116-59-35-29-53-102(116)108-78-94(63-67-118(108)132)130-112-55-31-25-49-98(112)99-50-26-32-56-113(99)130)61-65-110(120)129-111-66-62-97(133-117-60-36-30-54-103(117)109-79-95(64-68-119(109)133)131-114-57-33-27-51-100(114)101-52-28-34-58-115(101)131)81-121(111)135(126-106(86-45-21-11-22-46-86)76-93(128(4,5)6)77-107(126)87-47-23-12-24-48-87)123-73-91(72-122(134)124(123)129)90-70-88(82-37-13-7-14-38-82)69-89(71-90)83-39-15-8-16-40-83/h7-81H,1-6H3/i61D,62D,65D,66D,80D,81D. The SMILES string of the molecule is [2H]c1c([2H])c(-n2c3ccccc3c3cc(-n4c5ccccc5c5ccccc54)ccc32)c([2H])c2c1B1c3c(cc(-c4cc(-c5ccccc5)cc(-c5ccccc5)c4)cc3N(c3c(-c4ccccc4)cc(C(C)(C)C)cc3-c3ccccc3)c3c([2H])c(-n4c5ccccc5c5cc(-n6c7ccccc7c7ccccc76)ccc54)c([2H])c([2H])c31)N2c1c(-c2ccccc2)cc(C(C)(C)C)cc1-c1ccccc1. The molecule has 0 radical (unpaired) electrons. The average molecular weight is 1730 g/mol. The molecule has 0 amide bonds. The molecule has 0 spiro atoms. The number of para-hydroxylation sites is 6. The van der Waals surface area contributed by atoms with Gasteiger partial charge < -0.3 is 28.1 Å². The van der Waals surface area contributed by atoms with Gasteiger partial charge in [-0.15, -0.1) is 0 Å². The lowest BCUT2D eigenvalue weighted by Gasteiger charge is -2.46. The summed E-state index contributed by atoms with van der Waals surface area (Å²) in [6.45, 7) is 12.3. The smallest absolute Gasteiger partial charge is 0.252 e. The first-order chi connectivity index (χ1) is 68.8. The number of rotatable bonds is 13. The Morgan fingerprint density at radius 2 is 0.452 bits per heavy atom. The molecule has 26 rings (SSSR count). The van der Waals surface area contributed by atoms with E-state index in [0.717, 1.165) is 199 Å². The minimum absolute atomic E-state index is 0.0431. The summed E-state index contributed by atoms with van der Waals surface area (Å²) in [4.78, 5) is 4.61. The highest BCUT2D eigenvalue weighted by Crippen LogP contribution is 2.57. The van der Waals surface area contributed by atoms with E-state index < -0.39 is 17.5 Å². The third kappa shape index (κ3) is 12.8. The van der Waals surface area contributed by atoms with Gasteiger partial charge in [0.1, 0.15) is 0 Å². The molecular weight excluding hydrogens is 1630 g/mol. The van der Waals surface area contributed by atoms with Gasteiger partial charge in [0.25, 0.3) is 6.71 Å². The molecule has 6 nitrogen and oxygen atoms in total. The fraction of sp³-hybridized carbons (Fsp3) is 0.0625. The van der Waals surface area contributed by atoms with Gasteiger partial charge in [0.05, 0.1) is 63.7 Å². The summed E-state index contributed by atoms with van der Waals surface area (Å²) in [5.74, 6) is 0. The molecule has 2 aliphatic heterocycles. The molecule has 0 saturated heterocycles. The van der Waals surface area contributed by atoms with E-state index in [9.17, 15) is 8.22 Å². The first-order valence-electron chi connectivity index (χ1n) is 49.7. The zero-order chi connectivity index (χ0) is 95.3. The van der Waals surface area contributed by atoms with E-state index in [-0.39, 0.29) is 58.6 Å². The number of nitrogens with zero attached hydrogens (tertiary/aromatic N) is 6. The maximum Gasteiger partial charge on any atom is 0.252 e. The van der Waals surface area contributed by atoms with Crippen molar-refractivity contribution >= 4 is 144 Å². The van der Waals surface area contributed by atoms with Crippen LogP contribution in [0, 0.1) is 0 Å². The minimum atomic E-state index is -1.26. The van der Waals surface area contributed by atoms with Crippen molar-refractivity contribution in [3.05, 3.63) is 466 Å². The summed E-state index contributed by atoms with van der Waals surface area (Å²) in [5.41, 5.74) is 27.9. The maximum atomic E-state index is 12.4. The molecule has 0 saturated carbocycles. The van der Waals surface area contributed by atoms with Crippen molar-refractivity contribution in [2.24, 2.45) is 0 Å². The molecule has 135 heavy (non-hydrogen) atoms. The van der Waals surface area contributed by atoms with Gasteiger partial charge in [-0.2, -0.15) is 0 Å². The van der Waals surface area contributed by atoms with Crippen molar-refractivity contribution in [2.45, 2.75) is 52.4 Å². The summed E-state index contributed by atoms with van der Waals surface area (Å²) >= 11 is 0. The van der Waals surface area contributed by atoms with Crippen LogP contribution in [0.2, 0.25) is 0 Å². The summed E-state index contributed by atoms with van der Waals surface area (Å²) in [6.07, 6.45) is 0. The Kier molecular flexibility index (Phi) is 16.7. The number of benzene rings is 20. The van der Waals surface area contributed by atoms with Gasteiger partial charge in [-0.3, -0.25) is 0 Å². The van der Waals surface area contributed by atoms with Crippen LogP contribution in [0.4, 0.5) is 34.1 Å². The van der Waals surface area contributed by atoms with Crippen LogP contribution in [0.5, 0.6) is 0 Å². The quantitative estimate of drug-likeness (QED) is 0.108. The topological polar surface area (TPSA) is 26.2 Å². The van der Waals surface area contributed by atoms with Crippen molar-refractivity contribution in [2.75, 3.05) is 9.80 Å². The van der Waals surface area contributed by atoms with Crippen molar-refractivity contribution in [3.8, 4) is 101 Å². The van der Waals surface area contributed by atoms with Crippen LogP contribution in [-0.2, 0) is 10.8 Å². The minimum Gasteiger partial charge on any atom is -0.310 e. The molecule has 4 aromatic heterocycles. The Morgan fingerprint density at radius 1 is 0.207 bits per heavy atom. The lowest BCUT2D eigenvalue weighted by molar-refractivity contribution is 0.590. The number of fused-ring (bicyclic) bond motifs is 16. The number of hydrogen-bond acceptors (Lipinski definition) is 2. The van der Waals surface area contributed by atoms with Crippen LogP contribution in [0.3, 0.4) is 0 Å². The predicted molar refractivity (Wildman–Crippen MR) is 573 cm³/mol. The lowest BCUT2D eigenvalue weighted by atomic mass is 9.33. The highest BCUT2D eigenvalue weighted by Gasteiger charge is 2.47. The van der Waals surface area contributed by atoms with E-state index in [4.69, 9.17) is 0 Å². The molecule has 7 heteroatoms. The molecule has 24 aromatic rings. The third-order valence-electron chi connectivity index (χ3n) is 28.2. The van der Waals surface area contributed by atoms with Gasteiger partial charge in [-0.25, -0.2) is 0 Å². The summed E-state index contributed by atoms with van der Waals surface area (Å²) in [6, 6.07) is 147. The number of anilines is 6. The first kappa shape index (κ1) is 73.0. The summed E-state index contributed by atoms with van der Waals surface area (Å²) in [5, 5.41) is 8.10. The van der Waals surface area contributed by atoms with E-state index in [0.29, 0.717) is 28.2 Å². The molecule has 0 fully saturated rings. The second-order valence-electron chi connectivity index (χ2n) is 38.2. The molecule has 0 aliphatic carbocycles. The van der Waals surface area contributed by atoms with Crippen molar-refractivity contribution in [1.29, 1.82) is 0 Å². The molecule has 0 atom stereocenters. The normalized spacial score (nSPS) is 13.2. The van der Waals surface area contributed by atoms with Gasteiger partial charge in [0.15, 0.2) is 0 Å². The summed E-state index contributed by atoms with van der Waals surface area (Å²) in [7, 11) is 0. The zero-order valence-electron chi connectivity index (χ0n) is 81.6. The molecule has 638 valence electrons. The molecule has 2 aliphatic rings. The van der Waals surface area contributed by atoms with E-state index >= 15 is 0 Å². The second-order valence-corrected chi connectivity index (χ2v) is 38.2. The van der Waals surface area contributed by atoms with Crippen LogP contribution in [-0.4, -0.2) is 25.0 Å². The lowest BCUT2D eigenvalue weighted by Crippen LogP contribution is -2.61. The first-order valence-corrected chi connectivity index (χ1v) is 46.7. The monoisotopic (exact) mass is 1730 g/mol. The molecule has 6 heterocycles. The van der Waals surface area contributed by atoms with Gasteiger partial charge in [-0.05, 0) is 246 Å². The Hall–Kier alpha value is -16.7. The van der Waals surface area contributed by atoms with E-state index in [1.807, 2.05) is 12.1 Å². The molecule has 0 N–H and O–H groups in total. The van der Waals surface area contributed by atoms with E-state index in [1.54, 1.807) is 0 Å². The highest BCUT2D eigenvalue weighted by molar-refractivity contribution is 7.00. The van der Waals surface area contributed by atoms with E-state index in [2.05, 4.69) is 476 Å². The fourth-order valence-electron chi connectivity index (χ4n) is 21.8. The molecular formula is C128H93BN6. The van der Waals surface area contributed by atoms with E-state index in [1.165, 1.54) is 0 Å². The maximum absolute atomic E-state index is 12.4. The van der Waals surface area contributed by atoms with Gasteiger partial charge in [0, 0.05) is 111 Å². The van der Waals surface area contributed by atoms with Crippen LogP contribution in [0.15, 0.2) is 455 Å². The highest BCUT2D eigenvalue weighted by atomic mass is 15.2. The number of aromatic nitrogens is 4. The Morgan fingerprint density at radius 3 is 0.748 bits per heavy atom. The predicted octanol–water partition coefficient (Wildman–Crippen LogP) is 32.4. The Labute approximate surface area is 794 Å². The molecule has 20 aromatic carbocycles. The molecule has 0 unspecified atom stereocenters. The van der Waals surface area contributed by atoms with Crippen molar-refractivity contribution in [3.63, 3.8) is 0 Å². The number of hydrogen-bond donors (Lipinski definition) is 0. The van der Waals surface area contributed by atoms with Crippen LogP contribution in [0.1, 0.15) is 60.9 Å². The van der Waals surface area contributed by atoms with Crippen LogP contribution < -0.4 is 26.2 Å². The Bertz CT molecular complexity index is 8580. The average Bonchev–Trinajstić information content (AvgIpc) is 1.48. The van der Waals surface area contributed by atoms with Crippen molar-refractivity contribution in [1.82, 2.24) is 18.3 Å². The third-order valence-corrected chi connectivity index (χ3v) is 28.2. The zero-order valence-corrected chi connectivity index (χ0v) is 75.6. The molecule has 0 bridgehead atoms. The largest absolute Gasteiger partial charge is 0.310 e. The van der Waals surface area contributed by atoms with Gasteiger partial charge in [-0.1, -0.05) is 345 Å². The van der Waals surface area contributed by atoms with Gasteiger partial charge in [0.2, 0.25) is 0 Å². The Balaban J connectivity index is 0.862.